The van der Waals surface area contributed by atoms with Crippen molar-refractivity contribution in [2.45, 2.75) is 44.6 Å². The summed E-state index contributed by atoms with van der Waals surface area (Å²) in [6, 6.07) is 14.0. The molecule has 0 heterocycles. The number of rotatable bonds is 9. The van der Waals surface area contributed by atoms with Gasteiger partial charge in [0.2, 0.25) is 10.0 Å². The molecule has 0 bridgehead atoms. The Morgan fingerprint density at radius 2 is 1.77 bits per heavy atom. The summed E-state index contributed by atoms with van der Waals surface area (Å²) in [5.41, 5.74) is 2.48. The van der Waals surface area contributed by atoms with Gasteiger partial charge in [-0.05, 0) is 37.1 Å². The summed E-state index contributed by atoms with van der Waals surface area (Å²) in [5, 5.41) is 2.82. The topological polar surface area (TPSA) is 75.3 Å². The monoisotopic (exact) mass is 374 g/mol. The summed E-state index contributed by atoms with van der Waals surface area (Å²) in [7, 11) is -3.60. The first-order valence-corrected chi connectivity index (χ1v) is 10.3. The highest BCUT2D eigenvalue weighted by molar-refractivity contribution is 7.89. The van der Waals surface area contributed by atoms with Crippen LogP contribution in [0.2, 0.25) is 0 Å². The van der Waals surface area contributed by atoms with E-state index in [1.165, 1.54) is 12.1 Å². The van der Waals surface area contributed by atoms with Crippen molar-refractivity contribution in [1.29, 1.82) is 0 Å². The van der Waals surface area contributed by atoms with E-state index < -0.39 is 10.0 Å². The summed E-state index contributed by atoms with van der Waals surface area (Å²) < 4.78 is 27.3. The number of carbonyl (C=O) groups excluding carboxylic acids is 1. The van der Waals surface area contributed by atoms with Crippen molar-refractivity contribution in [3.05, 3.63) is 65.2 Å². The molecule has 0 aromatic heterocycles. The fourth-order valence-electron chi connectivity index (χ4n) is 2.46. The van der Waals surface area contributed by atoms with E-state index >= 15 is 0 Å². The third kappa shape index (κ3) is 5.97. The third-order valence-electron chi connectivity index (χ3n) is 4.05. The molecule has 0 aliphatic heterocycles. The van der Waals surface area contributed by atoms with Gasteiger partial charge in [-0.15, -0.1) is 0 Å². The van der Waals surface area contributed by atoms with Crippen molar-refractivity contribution in [1.82, 2.24) is 10.0 Å². The second-order valence-electron chi connectivity index (χ2n) is 6.30. The van der Waals surface area contributed by atoms with Crippen molar-refractivity contribution in [3.8, 4) is 0 Å². The van der Waals surface area contributed by atoms with Crippen molar-refractivity contribution in [2.75, 3.05) is 6.54 Å². The number of hydrogen-bond donors (Lipinski definition) is 2. The van der Waals surface area contributed by atoms with Crippen LogP contribution in [-0.2, 0) is 16.6 Å². The maximum atomic E-state index is 12.3. The predicted molar refractivity (Wildman–Crippen MR) is 104 cm³/mol. The number of hydrogen-bond acceptors (Lipinski definition) is 3. The fraction of sp³-hybridized carbons (Fsp3) is 0.350. The van der Waals surface area contributed by atoms with Crippen LogP contribution in [0.25, 0.3) is 0 Å². The molecule has 140 valence electrons. The highest BCUT2D eigenvalue weighted by Gasteiger charge is 2.15. The minimum atomic E-state index is -3.60. The zero-order chi connectivity index (χ0) is 19.0. The van der Waals surface area contributed by atoms with Crippen LogP contribution in [0.5, 0.6) is 0 Å². The Labute approximate surface area is 155 Å². The molecule has 2 aromatic rings. The summed E-state index contributed by atoms with van der Waals surface area (Å²) in [5.74, 6) is -0.298. The van der Waals surface area contributed by atoms with Gasteiger partial charge in [-0.25, -0.2) is 13.1 Å². The van der Waals surface area contributed by atoms with E-state index in [2.05, 4.69) is 17.0 Å². The van der Waals surface area contributed by atoms with Crippen molar-refractivity contribution in [3.63, 3.8) is 0 Å². The van der Waals surface area contributed by atoms with Gasteiger partial charge in [0.1, 0.15) is 0 Å². The zero-order valence-corrected chi connectivity index (χ0v) is 16.1. The molecule has 2 N–H and O–H groups in total. The number of amides is 1. The first-order valence-electron chi connectivity index (χ1n) is 8.86. The van der Waals surface area contributed by atoms with Crippen molar-refractivity contribution >= 4 is 15.9 Å². The molecular weight excluding hydrogens is 348 g/mol. The lowest BCUT2D eigenvalue weighted by Crippen LogP contribution is -2.26. The number of nitrogens with one attached hydrogen (secondary N) is 2. The zero-order valence-electron chi connectivity index (χ0n) is 15.3. The SMILES string of the molecule is CCCCCNS(=O)(=O)c1cccc(C(=O)NCc2ccc(C)cc2)c1. The molecule has 0 spiro atoms. The van der Waals surface area contributed by atoms with E-state index in [4.69, 9.17) is 0 Å². The Morgan fingerprint density at radius 1 is 1.04 bits per heavy atom. The summed E-state index contributed by atoms with van der Waals surface area (Å²) in [6.45, 7) is 4.86. The molecule has 6 heteroatoms. The van der Waals surface area contributed by atoms with Crippen LogP contribution in [0, 0.1) is 6.92 Å². The average molecular weight is 375 g/mol. The van der Waals surface area contributed by atoms with Crippen LogP contribution >= 0.6 is 0 Å². The van der Waals surface area contributed by atoms with Crippen molar-refractivity contribution < 1.29 is 13.2 Å². The molecule has 0 saturated heterocycles. The highest BCUT2D eigenvalue weighted by Crippen LogP contribution is 2.12. The molecule has 0 aliphatic rings. The van der Waals surface area contributed by atoms with Gasteiger partial charge in [-0.3, -0.25) is 4.79 Å². The largest absolute Gasteiger partial charge is 0.348 e. The molecule has 2 rings (SSSR count). The second kappa shape index (κ2) is 9.50. The molecule has 26 heavy (non-hydrogen) atoms. The summed E-state index contributed by atoms with van der Waals surface area (Å²) >= 11 is 0. The maximum absolute atomic E-state index is 12.3. The van der Waals surface area contributed by atoms with Gasteiger partial charge in [0.25, 0.3) is 5.91 Å². The van der Waals surface area contributed by atoms with Gasteiger partial charge in [-0.2, -0.15) is 0 Å². The van der Waals surface area contributed by atoms with Gasteiger partial charge in [0.05, 0.1) is 4.90 Å². The Balaban J connectivity index is 2.00. The Morgan fingerprint density at radius 3 is 2.46 bits per heavy atom. The van der Waals surface area contributed by atoms with Gasteiger partial charge >= 0.3 is 0 Å². The van der Waals surface area contributed by atoms with Gasteiger partial charge in [0, 0.05) is 18.7 Å². The molecule has 2 aromatic carbocycles. The van der Waals surface area contributed by atoms with Crippen molar-refractivity contribution in [2.24, 2.45) is 0 Å². The molecule has 0 atom stereocenters. The number of sulfonamides is 1. The van der Waals surface area contributed by atoms with E-state index in [1.54, 1.807) is 12.1 Å². The molecule has 0 saturated carbocycles. The molecule has 5 nitrogen and oxygen atoms in total. The van der Waals surface area contributed by atoms with E-state index in [-0.39, 0.29) is 10.8 Å². The van der Waals surface area contributed by atoms with Crippen LogP contribution in [0.1, 0.15) is 47.7 Å². The number of benzene rings is 2. The number of aryl methyl sites for hydroxylation is 1. The molecule has 1 amide bonds. The van der Waals surface area contributed by atoms with Crippen LogP contribution in [0.4, 0.5) is 0 Å². The Bertz CT molecular complexity index is 830. The van der Waals surface area contributed by atoms with Crippen LogP contribution in [0.15, 0.2) is 53.4 Å². The smallest absolute Gasteiger partial charge is 0.251 e. The first-order chi connectivity index (χ1) is 12.4. The summed E-state index contributed by atoms with van der Waals surface area (Å²) in [4.78, 5) is 12.4. The quantitative estimate of drug-likeness (QED) is 0.661. The maximum Gasteiger partial charge on any atom is 0.251 e. The van der Waals surface area contributed by atoms with Gasteiger partial charge in [-0.1, -0.05) is 55.7 Å². The highest BCUT2D eigenvalue weighted by atomic mass is 32.2. The third-order valence-corrected chi connectivity index (χ3v) is 5.51. The Hall–Kier alpha value is -2.18. The lowest BCUT2D eigenvalue weighted by Gasteiger charge is -2.09. The summed E-state index contributed by atoms with van der Waals surface area (Å²) in [6.07, 6.45) is 2.80. The lowest BCUT2D eigenvalue weighted by molar-refractivity contribution is 0.0950. The number of carbonyl (C=O) groups is 1. The van der Waals surface area contributed by atoms with Crippen LogP contribution < -0.4 is 10.0 Å². The van der Waals surface area contributed by atoms with Gasteiger partial charge < -0.3 is 5.32 Å². The normalized spacial score (nSPS) is 11.3. The molecular formula is C20H26N2O3S. The molecule has 0 fully saturated rings. The molecule has 0 unspecified atom stereocenters. The first kappa shape index (κ1) is 20.1. The fourth-order valence-corrected chi connectivity index (χ4v) is 3.58. The predicted octanol–water partition coefficient (Wildman–Crippen LogP) is 3.39. The average Bonchev–Trinajstić information content (AvgIpc) is 2.64. The van der Waals surface area contributed by atoms with Gasteiger partial charge in [0.15, 0.2) is 0 Å². The number of unbranched alkanes of at least 4 members (excludes halogenated alkanes) is 2. The Kier molecular flexibility index (Phi) is 7.36. The minimum Gasteiger partial charge on any atom is -0.348 e. The lowest BCUT2D eigenvalue weighted by atomic mass is 10.1. The minimum absolute atomic E-state index is 0.108. The molecule has 0 aliphatic carbocycles. The second-order valence-corrected chi connectivity index (χ2v) is 8.07. The van der Waals surface area contributed by atoms with E-state index in [1.807, 2.05) is 31.2 Å². The van der Waals surface area contributed by atoms with Crippen LogP contribution in [0.3, 0.4) is 0 Å². The van der Waals surface area contributed by atoms with E-state index in [0.717, 1.165) is 30.4 Å². The molecule has 0 radical (unpaired) electrons. The van der Waals surface area contributed by atoms with E-state index in [9.17, 15) is 13.2 Å². The van der Waals surface area contributed by atoms with E-state index in [0.29, 0.717) is 18.7 Å². The van der Waals surface area contributed by atoms with Crippen LogP contribution in [-0.4, -0.2) is 20.9 Å². The standard InChI is InChI=1S/C20H26N2O3S/c1-3-4-5-13-22-26(24,25)19-8-6-7-18(14-19)20(23)21-15-17-11-9-16(2)10-12-17/h6-12,14,22H,3-5,13,15H2,1-2H3,(H,21,23).